The maximum absolute atomic E-state index is 13.1. The van der Waals surface area contributed by atoms with E-state index in [1.54, 1.807) is 12.1 Å². The number of piperidine rings is 1. The van der Waals surface area contributed by atoms with Crippen molar-refractivity contribution in [3.05, 3.63) is 65.0 Å². The minimum Gasteiger partial charge on any atom is -0.491 e. The van der Waals surface area contributed by atoms with Crippen molar-refractivity contribution in [2.24, 2.45) is 5.92 Å². The average Bonchev–Trinajstić information content (AvgIpc) is 2.70. The lowest BCUT2D eigenvalue weighted by Gasteiger charge is -2.35. The van der Waals surface area contributed by atoms with Crippen LogP contribution >= 0.6 is 0 Å². The molecule has 3 rings (SSSR count). The maximum Gasteiger partial charge on any atom is 0.123 e. The van der Waals surface area contributed by atoms with Gasteiger partial charge in [0.15, 0.2) is 0 Å². The summed E-state index contributed by atoms with van der Waals surface area (Å²) in [5.74, 6) is 0.688. The van der Waals surface area contributed by atoms with E-state index in [4.69, 9.17) is 4.74 Å². The van der Waals surface area contributed by atoms with Crippen LogP contribution in [0, 0.1) is 25.6 Å². The molecule has 0 aromatic heterocycles. The molecular weight excluding hydrogens is 357 g/mol. The van der Waals surface area contributed by atoms with E-state index in [0.717, 1.165) is 42.8 Å². The van der Waals surface area contributed by atoms with Gasteiger partial charge in [-0.25, -0.2) is 4.39 Å². The van der Waals surface area contributed by atoms with Crippen LogP contribution in [0.4, 0.5) is 4.39 Å². The van der Waals surface area contributed by atoms with Gasteiger partial charge in [-0.2, -0.15) is 0 Å². The van der Waals surface area contributed by atoms with E-state index in [0.29, 0.717) is 6.54 Å². The molecule has 2 aromatic rings. The van der Waals surface area contributed by atoms with Crippen LogP contribution in [-0.4, -0.2) is 47.5 Å². The Morgan fingerprint density at radius 3 is 2.43 bits per heavy atom. The number of ether oxygens (including phenoxy) is 1. The van der Waals surface area contributed by atoms with Crippen LogP contribution < -0.4 is 4.74 Å². The zero-order valence-electron chi connectivity index (χ0n) is 16.6. The average molecular weight is 387 g/mol. The highest BCUT2D eigenvalue weighted by atomic mass is 19.1. The number of aryl methyl sites for hydroxylation is 1. The molecule has 1 aliphatic rings. The zero-order chi connectivity index (χ0) is 20.1. The molecule has 2 N–H and O–H groups in total. The smallest absolute Gasteiger partial charge is 0.123 e. The first-order valence-corrected chi connectivity index (χ1v) is 9.97. The van der Waals surface area contributed by atoms with Gasteiger partial charge in [0.05, 0.1) is 6.10 Å². The fourth-order valence-electron chi connectivity index (χ4n) is 3.80. The van der Waals surface area contributed by atoms with Gasteiger partial charge in [-0.05, 0) is 80.6 Å². The molecule has 2 atom stereocenters. The van der Waals surface area contributed by atoms with Crippen molar-refractivity contribution >= 4 is 0 Å². The lowest BCUT2D eigenvalue weighted by atomic mass is 9.87. The molecule has 0 saturated carbocycles. The molecule has 0 radical (unpaired) electrons. The second-order valence-corrected chi connectivity index (χ2v) is 7.80. The zero-order valence-corrected chi connectivity index (χ0v) is 16.6. The molecule has 4 nitrogen and oxygen atoms in total. The number of benzene rings is 2. The van der Waals surface area contributed by atoms with Gasteiger partial charge in [-0.15, -0.1) is 0 Å². The number of hydrogen-bond donors (Lipinski definition) is 2. The first-order valence-electron chi connectivity index (χ1n) is 9.97. The molecule has 1 heterocycles. The Morgan fingerprint density at radius 2 is 1.75 bits per heavy atom. The van der Waals surface area contributed by atoms with E-state index in [2.05, 4.69) is 4.90 Å². The summed E-state index contributed by atoms with van der Waals surface area (Å²) < 4.78 is 18.9. The molecule has 152 valence electrons. The Kier molecular flexibility index (Phi) is 7.05. The molecular formula is C23H30FNO3. The van der Waals surface area contributed by atoms with Gasteiger partial charge in [-0.1, -0.05) is 24.3 Å². The van der Waals surface area contributed by atoms with Gasteiger partial charge in [-0.3, -0.25) is 0 Å². The Balaban J connectivity index is 1.43. The lowest BCUT2D eigenvalue weighted by molar-refractivity contribution is 0.0277. The molecule has 1 aliphatic heterocycles. The molecule has 5 heteroatoms. The van der Waals surface area contributed by atoms with E-state index < -0.39 is 12.2 Å². The van der Waals surface area contributed by atoms with Crippen molar-refractivity contribution in [3.63, 3.8) is 0 Å². The predicted octanol–water partition coefficient (Wildman–Crippen LogP) is 3.63. The summed E-state index contributed by atoms with van der Waals surface area (Å²) in [5.41, 5.74) is 3.04. The van der Waals surface area contributed by atoms with E-state index in [1.807, 2.05) is 32.0 Å². The highest BCUT2D eigenvalue weighted by Crippen LogP contribution is 2.31. The van der Waals surface area contributed by atoms with Crippen LogP contribution in [0.3, 0.4) is 0 Å². The van der Waals surface area contributed by atoms with Gasteiger partial charge >= 0.3 is 0 Å². The molecule has 0 amide bonds. The summed E-state index contributed by atoms with van der Waals surface area (Å²) in [6.45, 7) is 6.54. The molecule has 2 unspecified atom stereocenters. The fourth-order valence-corrected chi connectivity index (χ4v) is 3.80. The summed E-state index contributed by atoms with van der Waals surface area (Å²) >= 11 is 0. The molecule has 1 saturated heterocycles. The number of rotatable bonds is 7. The number of likely N-dealkylation sites (tertiary alicyclic amines) is 1. The number of β-amino-alcohol motifs (C(OH)–C–C–N with tert-alkyl or cyclic N) is 1. The van der Waals surface area contributed by atoms with Crippen molar-refractivity contribution in [3.8, 4) is 5.75 Å². The van der Waals surface area contributed by atoms with Gasteiger partial charge in [0, 0.05) is 6.54 Å². The van der Waals surface area contributed by atoms with Crippen molar-refractivity contribution in [2.45, 2.75) is 38.9 Å². The minimum absolute atomic E-state index is 0.157. The Bertz CT molecular complexity index is 757. The van der Waals surface area contributed by atoms with Gasteiger partial charge in [0.1, 0.15) is 24.3 Å². The topological polar surface area (TPSA) is 52.9 Å². The van der Waals surface area contributed by atoms with Gasteiger partial charge in [0.25, 0.3) is 0 Å². The summed E-state index contributed by atoms with van der Waals surface area (Å²) in [7, 11) is 0. The van der Waals surface area contributed by atoms with Crippen molar-refractivity contribution in [1.82, 2.24) is 4.90 Å². The minimum atomic E-state index is -0.569. The molecule has 0 aliphatic carbocycles. The Morgan fingerprint density at radius 1 is 1.07 bits per heavy atom. The lowest BCUT2D eigenvalue weighted by Crippen LogP contribution is -2.41. The van der Waals surface area contributed by atoms with Crippen molar-refractivity contribution < 1.29 is 19.3 Å². The first kappa shape index (κ1) is 20.8. The predicted molar refractivity (Wildman–Crippen MR) is 108 cm³/mol. The Hall–Kier alpha value is -1.95. The number of nitrogens with zero attached hydrogens (tertiary/aromatic N) is 1. The van der Waals surface area contributed by atoms with Crippen LogP contribution in [0.25, 0.3) is 0 Å². The van der Waals surface area contributed by atoms with Crippen LogP contribution in [0.5, 0.6) is 5.75 Å². The second-order valence-electron chi connectivity index (χ2n) is 7.80. The monoisotopic (exact) mass is 387 g/mol. The highest BCUT2D eigenvalue weighted by molar-refractivity contribution is 5.38. The van der Waals surface area contributed by atoms with E-state index in [9.17, 15) is 14.6 Å². The molecule has 1 fully saturated rings. The highest BCUT2D eigenvalue weighted by Gasteiger charge is 2.27. The standard InChI is InChI=1S/C23H30FNO3/c1-16-4-3-5-22(17(16)2)28-15-21(26)14-25-12-10-19(11-13-25)23(27)18-6-8-20(24)9-7-18/h3-9,19,21,23,26-27H,10-15H2,1-2H3. The van der Waals surface area contributed by atoms with E-state index in [-0.39, 0.29) is 18.3 Å². The molecule has 0 bridgehead atoms. The van der Waals surface area contributed by atoms with Gasteiger partial charge in [0.2, 0.25) is 0 Å². The normalized spacial score (nSPS) is 18.0. The third-order valence-corrected chi connectivity index (χ3v) is 5.75. The van der Waals surface area contributed by atoms with E-state index >= 15 is 0 Å². The SMILES string of the molecule is Cc1cccc(OCC(O)CN2CCC(C(O)c3ccc(F)cc3)CC2)c1C. The fraction of sp³-hybridized carbons (Fsp3) is 0.478. The summed E-state index contributed by atoms with van der Waals surface area (Å²) in [5, 5.41) is 20.9. The summed E-state index contributed by atoms with van der Waals surface area (Å²) in [4.78, 5) is 2.21. The number of aliphatic hydroxyl groups excluding tert-OH is 2. The van der Waals surface area contributed by atoms with E-state index in [1.165, 1.54) is 17.7 Å². The summed E-state index contributed by atoms with van der Waals surface area (Å²) in [6, 6.07) is 12.0. The third-order valence-electron chi connectivity index (χ3n) is 5.75. The molecule has 2 aromatic carbocycles. The van der Waals surface area contributed by atoms with Crippen LogP contribution in [0.2, 0.25) is 0 Å². The van der Waals surface area contributed by atoms with Crippen LogP contribution in [0.15, 0.2) is 42.5 Å². The quantitative estimate of drug-likeness (QED) is 0.762. The van der Waals surface area contributed by atoms with Crippen LogP contribution in [-0.2, 0) is 0 Å². The van der Waals surface area contributed by atoms with Crippen molar-refractivity contribution in [2.75, 3.05) is 26.2 Å². The van der Waals surface area contributed by atoms with Crippen LogP contribution in [0.1, 0.15) is 35.6 Å². The molecule has 28 heavy (non-hydrogen) atoms. The number of hydrogen-bond acceptors (Lipinski definition) is 4. The molecule has 0 spiro atoms. The second kappa shape index (κ2) is 9.50. The largest absolute Gasteiger partial charge is 0.491 e. The Labute approximate surface area is 166 Å². The van der Waals surface area contributed by atoms with Gasteiger partial charge < -0.3 is 19.8 Å². The maximum atomic E-state index is 13.1. The number of aliphatic hydroxyl groups is 2. The first-order chi connectivity index (χ1) is 13.4. The summed E-state index contributed by atoms with van der Waals surface area (Å²) in [6.07, 6.45) is 0.574. The number of halogens is 1. The van der Waals surface area contributed by atoms with Crippen molar-refractivity contribution in [1.29, 1.82) is 0 Å². The third kappa shape index (κ3) is 5.31.